The van der Waals surface area contributed by atoms with Gasteiger partial charge in [-0.3, -0.25) is 4.79 Å². The summed E-state index contributed by atoms with van der Waals surface area (Å²) < 4.78 is 5.46. The van der Waals surface area contributed by atoms with Crippen molar-refractivity contribution in [2.24, 2.45) is 29.6 Å². The minimum Gasteiger partial charge on any atom is -0.462 e. The van der Waals surface area contributed by atoms with E-state index in [4.69, 9.17) is 4.74 Å². The van der Waals surface area contributed by atoms with Crippen molar-refractivity contribution in [1.82, 2.24) is 0 Å². The Bertz CT molecular complexity index is 336. The van der Waals surface area contributed by atoms with Gasteiger partial charge < -0.3 is 4.74 Å². The van der Waals surface area contributed by atoms with E-state index in [-0.39, 0.29) is 18.0 Å². The second-order valence-electron chi connectivity index (χ2n) is 6.08. The smallest absolute Gasteiger partial charge is 0.309 e. The molecule has 0 aromatic carbocycles. The lowest BCUT2D eigenvalue weighted by Crippen LogP contribution is -2.42. The Balaban J connectivity index is 1.90. The first-order valence-corrected chi connectivity index (χ1v) is 7.05. The molecule has 0 amide bonds. The number of hydrogen-bond acceptors (Lipinski definition) is 2. The van der Waals surface area contributed by atoms with Crippen LogP contribution in [0.5, 0.6) is 0 Å². The Labute approximate surface area is 103 Å². The zero-order valence-electron chi connectivity index (χ0n) is 10.6. The lowest BCUT2D eigenvalue weighted by molar-refractivity contribution is -0.144. The molecule has 94 valence electrons. The van der Waals surface area contributed by atoms with E-state index in [9.17, 15) is 4.79 Å². The third kappa shape index (κ3) is 1.64. The van der Waals surface area contributed by atoms with Gasteiger partial charge in [0.1, 0.15) is 6.10 Å². The van der Waals surface area contributed by atoms with Crippen molar-refractivity contribution in [3.63, 3.8) is 0 Å². The van der Waals surface area contributed by atoms with Crippen LogP contribution in [0.1, 0.15) is 39.0 Å². The number of ether oxygens (including phenoxy) is 1. The third-order valence-corrected chi connectivity index (χ3v) is 5.35. The SMILES string of the molecule is C=C[C@@H]1[C@H]2CCCC[C@@H]2C[C@@H]2C(=O)O[C@@H](C)[C@H]12. The average molecular weight is 234 g/mol. The fraction of sp³-hybridized carbons (Fsp3) is 0.800. The number of fused-ring (bicyclic) bond motifs is 2. The van der Waals surface area contributed by atoms with Gasteiger partial charge in [-0.15, -0.1) is 6.58 Å². The molecule has 1 heterocycles. The van der Waals surface area contributed by atoms with Crippen LogP contribution in [-0.2, 0) is 9.53 Å². The molecular formula is C15H22O2. The highest BCUT2D eigenvalue weighted by Crippen LogP contribution is 2.53. The second-order valence-corrected chi connectivity index (χ2v) is 6.08. The molecule has 0 radical (unpaired) electrons. The van der Waals surface area contributed by atoms with Crippen LogP contribution < -0.4 is 0 Å². The fourth-order valence-corrected chi connectivity index (χ4v) is 4.65. The molecule has 2 heteroatoms. The highest BCUT2D eigenvalue weighted by atomic mass is 16.6. The molecule has 0 aromatic heterocycles. The summed E-state index contributed by atoms with van der Waals surface area (Å²) in [5.41, 5.74) is 0. The molecule has 2 aliphatic carbocycles. The van der Waals surface area contributed by atoms with Crippen molar-refractivity contribution in [2.45, 2.75) is 45.1 Å². The summed E-state index contributed by atoms with van der Waals surface area (Å²) in [7, 11) is 0. The summed E-state index contributed by atoms with van der Waals surface area (Å²) in [5.74, 6) is 2.62. The van der Waals surface area contributed by atoms with Gasteiger partial charge in [0.15, 0.2) is 0 Å². The summed E-state index contributed by atoms with van der Waals surface area (Å²) >= 11 is 0. The van der Waals surface area contributed by atoms with Crippen LogP contribution in [0.25, 0.3) is 0 Å². The van der Waals surface area contributed by atoms with Gasteiger partial charge in [-0.05, 0) is 37.5 Å². The molecule has 1 saturated heterocycles. The molecule has 2 saturated carbocycles. The monoisotopic (exact) mass is 234 g/mol. The normalized spacial score (nSPS) is 49.1. The number of esters is 1. The summed E-state index contributed by atoms with van der Waals surface area (Å²) in [6.07, 6.45) is 8.60. The number of rotatable bonds is 1. The number of cyclic esters (lactones) is 1. The van der Waals surface area contributed by atoms with E-state index in [0.717, 1.165) is 18.3 Å². The van der Waals surface area contributed by atoms with E-state index in [0.29, 0.717) is 11.8 Å². The first kappa shape index (κ1) is 11.3. The maximum Gasteiger partial charge on any atom is 0.309 e. The van der Waals surface area contributed by atoms with Gasteiger partial charge in [0.25, 0.3) is 0 Å². The first-order chi connectivity index (χ1) is 8.22. The van der Waals surface area contributed by atoms with Gasteiger partial charge >= 0.3 is 5.97 Å². The molecule has 17 heavy (non-hydrogen) atoms. The predicted octanol–water partition coefficient (Wildman–Crippen LogP) is 3.18. The van der Waals surface area contributed by atoms with Crippen LogP contribution in [0, 0.1) is 29.6 Å². The van der Waals surface area contributed by atoms with E-state index in [2.05, 4.69) is 19.6 Å². The van der Waals surface area contributed by atoms with Gasteiger partial charge in [-0.1, -0.05) is 25.3 Å². The van der Waals surface area contributed by atoms with Gasteiger partial charge in [-0.2, -0.15) is 0 Å². The molecule has 0 unspecified atom stereocenters. The quantitative estimate of drug-likeness (QED) is 0.514. The number of allylic oxidation sites excluding steroid dienone is 1. The largest absolute Gasteiger partial charge is 0.462 e. The highest BCUT2D eigenvalue weighted by Gasteiger charge is 2.53. The van der Waals surface area contributed by atoms with E-state index in [1.54, 1.807) is 0 Å². The maximum absolute atomic E-state index is 11.9. The van der Waals surface area contributed by atoms with Gasteiger partial charge in [0, 0.05) is 5.92 Å². The third-order valence-electron chi connectivity index (χ3n) is 5.35. The van der Waals surface area contributed by atoms with Crippen molar-refractivity contribution in [3.05, 3.63) is 12.7 Å². The lowest BCUT2D eigenvalue weighted by atomic mass is 9.57. The van der Waals surface area contributed by atoms with E-state index in [1.807, 2.05) is 0 Å². The van der Waals surface area contributed by atoms with Crippen molar-refractivity contribution in [3.8, 4) is 0 Å². The van der Waals surface area contributed by atoms with Crippen LogP contribution >= 0.6 is 0 Å². The summed E-state index contributed by atoms with van der Waals surface area (Å²) in [6, 6.07) is 0. The van der Waals surface area contributed by atoms with Crippen molar-refractivity contribution >= 4 is 5.97 Å². The molecule has 3 aliphatic rings. The molecule has 6 atom stereocenters. The molecular weight excluding hydrogens is 212 g/mol. The van der Waals surface area contributed by atoms with Crippen molar-refractivity contribution < 1.29 is 9.53 Å². The number of carbonyl (C=O) groups excluding carboxylic acids is 1. The Hall–Kier alpha value is -0.790. The minimum atomic E-state index is 0.0540. The number of carbonyl (C=O) groups is 1. The molecule has 0 aromatic rings. The van der Waals surface area contributed by atoms with Crippen molar-refractivity contribution in [1.29, 1.82) is 0 Å². The molecule has 3 fully saturated rings. The Morgan fingerprint density at radius 3 is 2.88 bits per heavy atom. The Morgan fingerprint density at radius 2 is 2.12 bits per heavy atom. The average Bonchev–Trinajstić information content (AvgIpc) is 2.62. The molecule has 3 rings (SSSR count). The van der Waals surface area contributed by atoms with Gasteiger partial charge in [0.05, 0.1) is 5.92 Å². The van der Waals surface area contributed by atoms with Crippen LogP contribution in [-0.4, -0.2) is 12.1 Å². The first-order valence-electron chi connectivity index (χ1n) is 7.05. The summed E-state index contributed by atoms with van der Waals surface area (Å²) in [5, 5.41) is 0. The molecule has 0 spiro atoms. The summed E-state index contributed by atoms with van der Waals surface area (Å²) in [4.78, 5) is 11.9. The summed E-state index contributed by atoms with van der Waals surface area (Å²) in [6.45, 7) is 6.09. The maximum atomic E-state index is 11.9. The van der Waals surface area contributed by atoms with E-state index in [1.165, 1.54) is 25.7 Å². The van der Waals surface area contributed by atoms with E-state index < -0.39 is 0 Å². The van der Waals surface area contributed by atoms with Crippen molar-refractivity contribution in [2.75, 3.05) is 0 Å². The fourth-order valence-electron chi connectivity index (χ4n) is 4.65. The molecule has 1 aliphatic heterocycles. The standard InChI is InChI=1S/C15H22O2/c1-3-11-12-7-5-4-6-10(12)8-13-14(11)9(2)17-15(13)16/h3,9-14H,1,4-8H2,2H3/t9-,10+,11+,12-,13-,14+/m0/s1. The molecule has 0 N–H and O–H groups in total. The Kier molecular flexibility index (Phi) is 2.76. The number of hydrogen-bond donors (Lipinski definition) is 0. The molecule has 2 nitrogen and oxygen atoms in total. The van der Waals surface area contributed by atoms with Crippen LogP contribution in [0.3, 0.4) is 0 Å². The van der Waals surface area contributed by atoms with Crippen LogP contribution in [0.2, 0.25) is 0 Å². The predicted molar refractivity (Wildman–Crippen MR) is 66.3 cm³/mol. The zero-order valence-corrected chi connectivity index (χ0v) is 10.6. The zero-order chi connectivity index (χ0) is 12.0. The topological polar surface area (TPSA) is 26.3 Å². The van der Waals surface area contributed by atoms with E-state index >= 15 is 0 Å². The highest BCUT2D eigenvalue weighted by molar-refractivity contribution is 5.75. The minimum absolute atomic E-state index is 0.0540. The Morgan fingerprint density at radius 1 is 1.35 bits per heavy atom. The molecule has 0 bridgehead atoms. The van der Waals surface area contributed by atoms with Crippen LogP contribution in [0.4, 0.5) is 0 Å². The van der Waals surface area contributed by atoms with Gasteiger partial charge in [0.2, 0.25) is 0 Å². The lowest BCUT2D eigenvalue weighted by Gasteiger charge is -2.45. The van der Waals surface area contributed by atoms with Crippen LogP contribution in [0.15, 0.2) is 12.7 Å². The second kappa shape index (κ2) is 4.15. The van der Waals surface area contributed by atoms with Gasteiger partial charge in [-0.25, -0.2) is 0 Å².